The fraction of sp³-hybridized carbons (Fsp3) is 0.828. The number of amides is 1. The predicted octanol–water partition coefficient (Wildman–Crippen LogP) is 17.0. The van der Waals surface area contributed by atoms with Gasteiger partial charge < -0.3 is 20.3 Å². The molecule has 0 aromatic heterocycles. The number of unbranched alkanes of at least 4 members (excludes halogenated alkanes) is 31. The van der Waals surface area contributed by atoms with Gasteiger partial charge in [-0.25, -0.2) is 0 Å². The van der Waals surface area contributed by atoms with Crippen LogP contribution in [0.3, 0.4) is 0 Å². The number of ether oxygens (including phenoxy) is 1. The van der Waals surface area contributed by atoms with Gasteiger partial charge in [-0.15, -0.1) is 0 Å². The second-order valence-electron chi connectivity index (χ2n) is 19.0. The van der Waals surface area contributed by atoms with Crippen LogP contribution >= 0.6 is 0 Å². The summed E-state index contributed by atoms with van der Waals surface area (Å²) in [5.74, 6) is -0.497. The quantitative estimate of drug-likeness (QED) is 0.0245. The van der Waals surface area contributed by atoms with Gasteiger partial charge in [-0.05, 0) is 83.5 Å². The smallest absolute Gasteiger partial charge is 0.306 e. The van der Waals surface area contributed by atoms with Crippen LogP contribution in [0.4, 0.5) is 0 Å². The standard InChI is InChI=1S/C58H107NO5/c1-4-7-10-13-16-19-22-25-27-28-29-31-33-36-39-42-45-48-51-58(63)64-54(49-46-43-40-37-34-32-30-26-23-20-17-14-11-8-5-2)52-57(62)59-55(53-60)56(61)50-47-44-41-38-35-24-21-18-15-12-9-6-3/h17,20,26-31,54-56,60-61H,4-16,18-19,21-25,32-53H2,1-3H3,(H,59,62)/b20-17-,28-27+,30-26-,31-29+. The van der Waals surface area contributed by atoms with E-state index in [0.29, 0.717) is 19.3 Å². The maximum atomic E-state index is 13.2. The molecular formula is C58H107NO5. The Morgan fingerprint density at radius 3 is 1.31 bits per heavy atom. The van der Waals surface area contributed by atoms with Crippen LogP contribution in [0, 0.1) is 0 Å². The van der Waals surface area contributed by atoms with Crippen LogP contribution in [0.15, 0.2) is 48.6 Å². The Labute approximate surface area is 397 Å². The van der Waals surface area contributed by atoms with Crippen molar-refractivity contribution in [3.8, 4) is 0 Å². The minimum Gasteiger partial charge on any atom is -0.462 e. The second kappa shape index (κ2) is 51.8. The highest BCUT2D eigenvalue weighted by molar-refractivity contribution is 5.77. The molecule has 64 heavy (non-hydrogen) atoms. The number of hydrogen-bond donors (Lipinski definition) is 3. The normalized spacial score (nSPS) is 13.5. The Morgan fingerprint density at radius 1 is 0.469 bits per heavy atom. The highest BCUT2D eigenvalue weighted by Gasteiger charge is 2.24. The average molecular weight is 898 g/mol. The summed E-state index contributed by atoms with van der Waals surface area (Å²) in [5, 5.41) is 23.8. The van der Waals surface area contributed by atoms with Crippen molar-refractivity contribution < 1.29 is 24.5 Å². The molecule has 0 bridgehead atoms. The molecular weight excluding hydrogens is 791 g/mol. The molecule has 3 N–H and O–H groups in total. The first-order chi connectivity index (χ1) is 31.5. The molecule has 0 spiro atoms. The van der Waals surface area contributed by atoms with Gasteiger partial charge in [0.2, 0.25) is 5.91 Å². The fourth-order valence-electron chi connectivity index (χ4n) is 8.39. The molecule has 0 aliphatic rings. The van der Waals surface area contributed by atoms with Gasteiger partial charge in [-0.2, -0.15) is 0 Å². The lowest BCUT2D eigenvalue weighted by Gasteiger charge is -2.24. The molecule has 374 valence electrons. The summed E-state index contributed by atoms with van der Waals surface area (Å²) in [4.78, 5) is 26.2. The van der Waals surface area contributed by atoms with E-state index in [4.69, 9.17) is 4.74 Å². The van der Waals surface area contributed by atoms with Crippen LogP contribution in [-0.4, -0.2) is 46.9 Å². The summed E-state index contributed by atoms with van der Waals surface area (Å²) in [5.41, 5.74) is 0. The molecule has 0 fully saturated rings. The van der Waals surface area contributed by atoms with E-state index in [2.05, 4.69) is 74.7 Å². The third-order valence-electron chi connectivity index (χ3n) is 12.7. The average Bonchev–Trinajstić information content (AvgIpc) is 3.29. The van der Waals surface area contributed by atoms with E-state index >= 15 is 0 Å². The molecule has 6 heteroatoms. The molecule has 1 amide bonds. The number of carbonyl (C=O) groups excluding carboxylic acids is 2. The van der Waals surface area contributed by atoms with Gasteiger partial charge in [0, 0.05) is 6.42 Å². The Balaban J connectivity index is 4.61. The molecule has 3 unspecified atom stereocenters. The fourth-order valence-corrected chi connectivity index (χ4v) is 8.39. The molecule has 0 aliphatic carbocycles. The monoisotopic (exact) mass is 898 g/mol. The SMILES string of the molecule is CCCCC/C=C\C/C=C\CCCCCCCC(CC(=O)NC(CO)C(O)CCCCCCCCCCCCCC)OC(=O)CCCCCCC/C=C/C=C/CCCCCCCCC. The summed E-state index contributed by atoms with van der Waals surface area (Å²) in [7, 11) is 0. The third-order valence-corrected chi connectivity index (χ3v) is 12.7. The molecule has 3 atom stereocenters. The van der Waals surface area contributed by atoms with Crippen LogP contribution < -0.4 is 5.32 Å². The Bertz CT molecular complexity index is 1100. The first-order valence-electron chi connectivity index (χ1n) is 27.9. The zero-order valence-electron chi connectivity index (χ0n) is 42.7. The molecule has 0 aromatic carbocycles. The Morgan fingerprint density at radius 2 is 0.844 bits per heavy atom. The summed E-state index contributed by atoms with van der Waals surface area (Å²) in [6, 6.07) is -0.709. The number of nitrogens with one attached hydrogen (secondary N) is 1. The van der Waals surface area contributed by atoms with E-state index in [1.165, 1.54) is 154 Å². The first kappa shape index (κ1) is 61.8. The van der Waals surface area contributed by atoms with Crippen molar-refractivity contribution in [2.75, 3.05) is 6.61 Å². The number of allylic oxidation sites excluding steroid dienone is 8. The van der Waals surface area contributed by atoms with Crippen molar-refractivity contribution in [3.63, 3.8) is 0 Å². The van der Waals surface area contributed by atoms with E-state index in [1.807, 2.05) is 0 Å². The highest BCUT2D eigenvalue weighted by Crippen LogP contribution is 2.18. The highest BCUT2D eigenvalue weighted by atomic mass is 16.5. The molecule has 0 heterocycles. The van der Waals surface area contributed by atoms with E-state index in [0.717, 1.165) is 83.5 Å². The van der Waals surface area contributed by atoms with Crippen molar-refractivity contribution in [3.05, 3.63) is 48.6 Å². The summed E-state index contributed by atoms with van der Waals surface area (Å²) in [6.45, 7) is 6.46. The number of aliphatic hydroxyl groups is 2. The predicted molar refractivity (Wildman–Crippen MR) is 278 cm³/mol. The number of hydrogen-bond acceptors (Lipinski definition) is 5. The molecule has 0 rings (SSSR count). The molecule has 0 radical (unpaired) electrons. The topological polar surface area (TPSA) is 95.9 Å². The minimum atomic E-state index is -0.794. The molecule has 0 saturated heterocycles. The van der Waals surface area contributed by atoms with Crippen LogP contribution in [0.1, 0.15) is 284 Å². The lowest BCUT2D eigenvalue weighted by atomic mass is 10.0. The number of rotatable bonds is 50. The third kappa shape index (κ3) is 46.4. The Hall–Kier alpha value is -2.18. The lowest BCUT2D eigenvalue weighted by molar-refractivity contribution is -0.151. The minimum absolute atomic E-state index is 0.0627. The van der Waals surface area contributed by atoms with Crippen LogP contribution in [-0.2, 0) is 14.3 Å². The van der Waals surface area contributed by atoms with Crippen molar-refractivity contribution in [2.45, 2.75) is 302 Å². The van der Waals surface area contributed by atoms with Gasteiger partial charge in [0.05, 0.1) is 25.2 Å². The number of esters is 1. The maximum Gasteiger partial charge on any atom is 0.306 e. The van der Waals surface area contributed by atoms with Crippen molar-refractivity contribution in [1.82, 2.24) is 5.32 Å². The molecule has 0 aliphatic heterocycles. The number of aliphatic hydroxyl groups excluding tert-OH is 2. The van der Waals surface area contributed by atoms with Crippen molar-refractivity contribution >= 4 is 11.9 Å². The Kier molecular flexibility index (Phi) is 50.0. The van der Waals surface area contributed by atoms with Gasteiger partial charge >= 0.3 is 5.97 Å². The van der Waals surface area contributed by atoms with Crippen LogP contribution in [0.25, 0.3) is 0 Å². The molecule has 6 nitrogen and oxygen atoms in total. The zero-order chi connectivity index (χ0) is 46.7. The molecule has 0 saturated carbocycles. The van der Waals surface area contributed by atoms with Gasteiger partial charge in [0.15, 0.2) is 0 Å². The summed E-state index contributed by atoms with van der Waals surface area (Å²) < 4.78 is 5.94. The van der Waals surface area contributed by atoms with E-state index in [9.17, 15) is 19.8 Å². The van der Waals surface area contributed by atoms with Crippen molar-refractivity contribution in [2.24, 2.45) is 0 Å². The molecule has 0 aromatic rings. The van der Waals surface area contributed by atoms with E-state index < -0.39 is 18.2 Å². The van der Waals surface area contributed by atoms with Gasteiger partial charge in [-0.1, -0.05) is 236 Å². The first-order valence-corrected chi connectivity index (χ1v) is 27.9. The van der Waals surface area contributed by atoms with Crippen molar-refractivity contribution in [1.29, 1.82) is 0 Å². The zero-order valence-corrected chi connectivity index (χ0v) is 42.7. The van der Waals surface area contributed by atoms with E-state index in [1.54, 1.807) is 0 Å². The number of carbonyl (C=O) groups is 2. The maximum absolute atomic E-state index is 13.2. The van der Waals surface area contributed by atoms with Gasteiger partial charge in [0.1, 0.15) is 6.10 Å². The van der Waals surface area contributed by atoms with Gasteiger partial charge in [-0.3, -0.25) is 9.59 Å². The second-order valence-corrected chi connectivity index (χ2v) is 19.0. The largest absolute Gasteiger partial charge is 0.462 e. The van der Waals surface area contributed by atoms with Crippen LogP contribution in [0.2, 0.25) is 0 Å². The lowest BCUT2D eigenvalue weighted by Crippen LogP contribution is -2.46. The summed E-state index contributed by atoms with van der Waals surface area (Å²) in [6.07, 6.45) is 63.1. The summed E-state index contributed by atoms with van der Waals surface area (Å²) >= 11 is 0. The van der Waals surface area contributed by atoms with Gasteiger partial charge in [0.25, 0.3) is 0 Å². The van der Waals surface area contributed by atoms with Crippen LogP contribution in [0.5, 0.6) is 0 Å². The van der Waals surface area contributed by atoms with E-state index in [-0.39, 0.29) is 24.9 Å².